The molecule has 0 aliphatic carbocycles. The Morgan fingerprint density at radius 2 is 2.55 bits per heavy atom. The maximum atomic E-state index is 10.2. The maximum absolute atomic E-state index is 10.2. The predicted octanol–water partition coefficient (Wildman–Crippen LogP) is -0.840. The molecule has 0 aromatic carbocycles. The molecule has 0 aromatic heterocycles. The zero-order chi connectivity index (χ0) is 8.43. The van der Waals surface area contributed by atoms with Gasteiger partial charge in [-0.05, 0) is 0 Å². The van der Waals surface area contributed by atoms with Crippen LogP contribution in [0.15, 0.2) is 0 Å². The first kappa shape index (κ1) is 8.45. The molecule has 1 saturated heterocycles. The van der Waals surface area contributed by atoms with Gasteiger partial charge in [-0.2, -0.15) is 0 Å². The van der Waals surface area contributed by atoms with Gasteiger partial charge in [0.2, 0.25) is 0 Å². The minimum absolute atomic E-state index is 0.133. The monoisotopic (exact) mass is 161 g/mol. The molecule has 3 unspecified atom stereocenters. The first-order chi connectivity index (χ1) is 5.15. The number of carbonyl (C=O) groups is 1. The summed E-state index contributed by atoms with van der Waals surface area (Å²) in [5, 5.41) is 8.40. The Hall–Kier alpha value is -0.650. The van der Waals surface area contributed by atoms with Crippen LogP contribution in [0.4, 0.5) is 0 Å². The Balaban J connectivity index is 2.18. The molecule has 1 aliphatic heterocycles. The molecule has 5 heteroatoms. The van der Waals surface area contributed by atoms with Gasteiger partial charge in [0, 0.05) is 13.5 Å². The number of rotatable bonds is 4. The van der Waals surface area contributed by atoms with Crippen LogP contribution in [-0.4, -0.2) is 36.6 Å². The lowest BCUT2D eigenvalue weighted by Gasteiger charge is -2.01. The van der Waals surface area contributed by atoms with Crippen LogP contribution in [0.25, 0.3) is 0 Å². The number of aliphatic carboxylic acids is 1. The second-order valence-electron chi connectivity index (χ2n) is 2.46. The molecule has 1 rings (SSSR count). The van der Waals surface area contributed by atoms with E-state index in [4.69, 9.17) is 20.3 Å². The van der Waals surface area contributed by atoms with Gasteiger partial charge in [-0.1, -0.05) is 0 Å². The topological polar surface area (TPSA) is 85.1 Å². The Bertz CT molecular complexity index is 161. The highest BCUT2D eigenvalue weighted by Crippen LogP contribution is 2.26. The molecule has 5 nitrogen and oxygen atoms in total. The molecule has 0 bridgehead atoms. The summed E-state index contributed by atoms with van der Waals surface area (Å²) in [6.07, 6.45) is -0.0695. The van der Waals surface area contributed by atoms with Crippen molar-refractivity contribution in [3.8, 4) is 0 Å². The number of nitrogens with two attached hydrogens (primary N) is 1. The highest BCUT2D eigenvalue weighted by molar-refractivity contribution is 5.73. The second kappa shape index (κ2) is 3.17. The summed E-state index contributed by atoms with van der Waals surface area (Å²) in [5.74, 6) is -1.00. The molecule has 0 radical (unpaired) electrons. The van der Waals surface area contributed by atoms with E-state index in [1.165, 1.54) is 7.11 Å². The van der Waals surface area contributed by atoms with Crippen LogP contribution in [-0.2, 0) is 14.3 Å². The van der Waals surface area contributed by atoms with E-state index in [1.54, 1.807) is 0 Å². The molecule has 0 spiro atoms. The van der Waals surface area contributed by atoms with Crippen LogP contribution in [0.3, 0.4) is 0 Å². The lowest BCUT2D eigenvalue weighted by molar-refractivity contribution is -0.138. The maximum Gasteiger partial charge on any atom is 0.320 e. The zero-order valence-corrected chi connectivity index (χ0v) is 6.19. The molecule has 0 aromatic rings. The van der Waals surface area contributed by atoms with E-state index in [-0.39, 0.29) is 12.4 Å². The molecular weight excluding hydrogens is 150 g/mol. The van der Waals surface area contributed by atoms with Gasteiger partial charge < -0.3 is 20.3 Å². The van der Waals surface area contributed by atoms with E-state index < -0.39 is 12.0 Å². The van der Waals surface area contributed by atoms with Gasteiger partial charge in [0.1, 0.15) is 12.1 Å². The molecular formula is C6H11NO4. The van der Waals surface area contributed by atoms with Gasteiger partial charge in [0.05, 0.1) is 0 Å². The largest absolute Gasteiger partial charge is 0.480 e. The summed E-state index contributed by atoms with van der Waals surface area (Å²) in [6, 6.07) is -0.847. The number of carboxylic acid groups (broad SMARTS) is 1. The van der Waals surface area contributed by atoms with Crippen LogP contribution >= 0.6 is 0 Å². The van der Waals surface area contributed by atoms with Crippen molar-refractivity contribution in [2.45, 2.75) is 24.9 Å². The van der Waals surface area contributed by atoms with E-state index in [9.17, 15) is 4.79 Å². The average molecular weight is 161 g/mol. The highest BCUT2D eigenvalue weighted by atomic mass is 16.8. The summed E-state index contributed by atoms with van der Waals surface area (Å²) in [4.78, 5) is 10.2. The standard InChI is InChI=1S/C6H11NO4/c1-10-6-4(11-6)2-3(7)5(8)9/h3-4,6H,2,7H2,1H3,(H,8,9). The number of hydrogen-bond acceptors (Lipinski definition) is 4. The number of hydrogen-bond donors (Lipinski definition) is 2. The Morgan fingerprint density at radius 1 is 1.91 bits per heavy atom. The van der Waals surface area contributed by atoms with Gasteiger partial charge >= 0.3 is 5.97 Å². The summed E-state index contributed by atoms with van der Waals surface area (Å²) in [7, 11) is 1.51. The third-order valence-corrected chi connectivity index (χ3v) is 1.57. The van der Waals surface area contributed by atoms with Gasteiger partial charge in [-0.15, -0.1) is 0 Å². The molecule has 1 fully saturated rings. The Morgan fingerprint density at radius 3 is 2.91 bits per heavy atom. The van der Waals surface area contributed by atoms with Crippen molar-refractivity contribution in [2.75, 3.05) is 7.11 Å². The first-order valence-electron chi connectivity index (χ1n) is 3.31. The van der Waals surface area contributed by atoms with Crippen molar-refractivity contribution < 1.29 is 19.4 Å². The lowest BCUT2D eigenvalue weighted by atomic mass is 10.2. The normalized spacial score (nSPS) is 31.5. The number of carboxylic acids is 1. The van der Waals surface area contributed by atoms with E-state index in [0.717, 1.165) is 0 Å². The van der Waals surface area contributed by atoms with Crippen molar-refractivity contribution in [1.82, 2.24) is 0 Å². The summed E-state index contributed by atoms with van der Waals surface area (Å²) in [6.45, 7) is 0. The van der Waals surface area contributed by atoms with Crippen molar-refractivity contribution in [1.29, 1.82) is 0 Å². The smallest absolute Gasteiger partial charge is 0.320 e. The number of methoxy groups -OCH3 is 1. The first-order valence-corrected chi connectivity index (χ1v) is 3.31. The van der Waals surface area contributed by atoms with Crippen LogP contribution < -0.4 is 5.73 Å². The average Bonchev–Trinajstić information content (AvgIpc) is 2.67. The molecule has 3 atom stereocenters. The van der Waals surface area contributed by atoms with Crippen LogP contribution in [0.5, 0.6) is 0 Å². The van der Waals surface area contributed by atoms with E-state index in [0.29, 0.717) is 6.42 Å². The predicted molar refractivity (Wildman–Crippen MR) is 35.9 cm³/mol. The molecule has 11 heavy (non-hydrogen) atoms. The fraction of sp³-hybridized carbons (Fsp3) is 0.833. The zero-order valence-electron chi connectivity index (χ0n) is 6.19. The van der Waals surface area contributed by atoms with E-state index in [1.807, 2.05) is 0 Å². The molecule has 0 saturated carbocycles. The molecule has 64 valence electrons. The summed E-state index contributed by atoms with van der Waals surface area (Å²) in [5.41, 5.74) is 5.24. The Kier molecular flexibility index (Phi) is 2.43. The summed E-state index contributed by atoms with van der Waals surface area (Å²) < 4.78 is 9.71. The van der Waals surface area contributed by atoms with Crippen LogP contribution in [0.2, 0.25) is 0 Å². The van der Waals surface area contributed by atoms with Crippen LogP contribution in [0, 0.1) is 0 Å². The fourth-order valence-corrected chi connectivity index (χ4v) is 0.852. The quantitative estimate of drug-likeness (QED) is 0.525. The molecule has 3 N–H and O–H groups in total. The third kappa shape index (κ3) is 2.14. The number of epoxide rings is 1. The third-order valence-electron chi connectivity index (χ3n) is 1.57. The van der Waals surface area contributed by atoms with Gasteiger partial charge in [-0.25, -0.2) is 0 Å². The van der Waals surface area contributed by atoms with Gasteiger partial charge in [0.15, 0.2) is 6.29 Å². The van der Waals surface area contributed by atoms with Crippen molar-refractivity contribution in [2.24, 2.45) is 5.73 Å². The van der Waals surface area contributed by atoms with E-state index in [2.05, 4.69) is 0 Å². The summed E-state index contributed by atoms with van der Waals surface area (Å²) >= 11 is 0. The number of ether oxygens (including phenoxy) is 2. The van der Waals surface area contributed by atoms with Crippen molar-refractivity contribution in [3.05, 3.63) is 0 Å². The van der Waals surface area contributed by atoms with E-state index >= 15 is 0 Å². The van der Waals surface area contributed by atoms with Crippen molar-refractivity contribution >= 4 is 5.97 Å². The van der Waals surface area contributed by atoms with Crippen LogP contribution in [0.1, 0.15) is 6.42 Å². The Labute approximate surface area is 64.1 Å². The lowest BCUT2D eigenvalue weighted by Crippen LogP contribution is -2.31. The molecule has 1 heterocycles. The van der Waals surface area contributed by atoms with Gasteiger partial charge in [-0.3, -0.25) is 4.79 Å². The van der Waals surface area contributed by atoms with Gasteiger partial charge in [0.25, 0.3) is 0 Å². The SMILES string of the molecule is COC1OC1CC(N)C(=O)O. The fourth-order valence-electron chi connectivity index (χ4n) is 0.852. The minimum atomic E-state index is -1.00. The highest BCUT2D eigenvalue weighted by Gasteiger charge is 2.41. The molecule has 0 amide bonds. The second-order valence-corrected chi connectivity index (χ2v) is 2.46. The molecule has 1 aliphatic rings. The minimum Gasteiger partial charge on any atom is -0.480 e. The van der Waals surface area contributed by atoms with Crippen molar-refractivity contribution in [3.63, 3.8) is 0 Å².